The van der Waals surface area contributed by atoms with Gasteiger partial charge in [-0.2, -0.15) is 0 Å². The van der Waals surface area contributed by atoms with Crippen LogP contribution in [0.25, 0.3) is 0 Å². The number of benzene rings is 1. The number of aliphatic hydroxyl groups is 1. The molecule has 0 spiro atoms. The number of amides is 1. The number of nitrogens with one attached hydrogen (secondary N) is 1. The number of hydrogen-bond acceptors (Lipinski definition) is 2. The molecule has 3 nitrogen and oxygen atoms in total. The molecule has 88 valence electrons. The fourth-order valence-electron chi connectivity index (χ4n) is 1.52. The lowest BCUT2D eigenvalue weighted by atomic mass is 9.94. The minimum absolute atomic E-state index is 0.00417. The van der Waals surface area contributed by atoms with Crippen molar-refractivity contribution >= 4 is 5.91 Å². The summed E-state index contributed by atoms with van der Waals surface area (Å²) >= 11 is 0. The molecule has 16 heavy (non-hydrogen) atoms. The molecule has 0 heterocycles. The van der Waals surface area contributed by atoms with Crippen LogP contribution in [0, 0.1) is 0 Å². The molecule has 0 aliphatic carbocycles. The molecule has 3 atom stereocenters. The smallest absolute Gasteiger partial charge is 0.248 e. The predicted octanol–water partition coefficient (Wildman–Crippen LogP) is 1.68. The Bertz CT molecular complexity index is 335. The van der Waals surface area contributed by atoms with Crippen LogP contribution in [0.5, 0.6) is 0 Å². The van der Waals surface area contributed by atoms with Crippen LogP contribution >= 0.6 is 0 Å². The fraction of sp³-hybridized carbons (Fsp3) is 0.462. The van der Waals surface area contributed by atoms with Crippen LogP contribution in [0.3, 0.4) is 0 Å². The van der Waals surface area contributed by atoms with Gasteiger partial charge in [-0.05, 0) is 19.4 Å². The predicted molar refractivity (Wildman–Crippen MR) is 64.1 cm³/mol. The molecule has 1 aromatic carbocycles. The average Bonchev–Trinajstić information content (AvgIpc) is 2.28. The zero-order chi connectivity index (χ0) is 12.1. The lowest BCUT2D eigenvalue weighted by Crippen LogP contribution is -2.41. The summed E-state index contributed by atoms with van der Waals surface area (Å²) in [5, 5.41) is 11.9. The Kier molecular flexibility index (Phi) is 4.50. The molecule has 0 bridgehead atoms. The van der Waals surface area contributed by atoms with Gasteiger partial charge >= 0.3 is 0 Å². The van der Waals surface area contributed by atoms with E-state index in [4.69, 9.17) is 5.11 Å². The standard InChI is InChI=1S/C13H19NO2/c1-9(12-7-5-4-6-8-12)10(2)14-13(16)11(3)15/h4-11,15H,1-3H3,(H,14,16). The molecule has 0 saturated heterocycles. The van der Waals surface area contributed by atoms with Gasteiger partial charge in [-0.25, -0.2) is 0 Å². The van der Waals surface area contributed by atoms with E-state index in [0.29, 0.717) is 0 Å². The third-order valence-electron chi connectivity index (χ3n) is 2.82. The van der Waals surface area contributed by atoms with E-state index in [1.807, 2.05) is 37.3 Å². The molecule has 0 radical (unpaired) electrons. The number of rotatable bonds is 4. The molecular weight excluding hydrogens is 202 g/mol. The van der Waals surface area contributed by atoms with Gasteiger partial charge in [-0.1, -0.05) is 37.3 Å². The molecule has 3 unspecified atom stereocenters. The van der Waals surface area contributed by atoms with E-state index in [1.165, 1.54) is 12.5 Å². The van der Waals surface area contributed by atoms with Gasteiger partial charge in [0.15, 0.2) is 0 Å². The van der Waals surface area contributed by atoms with E-state index in [-0.39, 0.29) is 17.9 Å². The van der Waals surface area contributed by atoms with Gasteiger partial charge in [-0.15, -0.1) is 0 Å². The molecule has 0 aromatic heterocycles. The second-order valence-corrected chi connectivity index (χ2v) is 4.17. The van der Waals surface area contributed by atoms with Gasteiger partial charge in [0.05, 0.1) is 0 Å². The molecule has 0 fully saturated rings. The van der Waals surface area contributed by atoms with Gasteiger partial charge < -0.3 is 10.4 Å². The highest BCUT2D eigenvalue weighted by Crippen LogP contribution is 2.18. The molecule has 0 aliphatic heterocycles. The summed E-state index contributed by atoms with van der Waals surface area (Å²) in [7, 11) is 0. The second kappa shape index (κ2) is 5.66. The SMILES string of the molecule is CC(O)C(=O)NC(C)C(C)c1ccccc1. The monoisotopic (exact) mass is 221 g/mol. The minimum Gasteiger partial charge on any atom is -0.384 e. The van der Waals surface area contributed by atoms with Crippen molar-refractivity contribution in [2.75, 3.05) is 0 Å². The first kappa shape index (κ1) is 12.7. The fourth-order valence-corrected chi connectivity index (χ4v) is 1.52. The van der Waals surface area contributed by atoms with Crippen LogP contribution in [0.2, 0.25) is 0 Å². The first-order valence-corrected chi connectivity index (χ1v) is 5.55. The topological polar surface area (TPSA) is 49.3 Å². The number of carbonyl (C=O) groups is 1. The van der Waals surface area contributed by atoms with Gasteiger partial charge in [0.25, 0.3) is 0 Å². The van der Waals surface area contributed by atoms with E-state index in [2.05, 4.69) is 12.2 Å². The minimum atomic E-state index is -0.953. The van der Waals surface area contributed by atoms with Crippen molar-refractivity contribution in [3.8, 4) is 0 Å². The average molecular weight is 221 g/mol. The van der Waals surface area contributed by atoms with Crippen LogP contribution in [-0.2, 0) is 4.79 Å². The molecule has 1 rings (SSSR count). The Balaban J connectivity index is 2.61. The Morgan fingerprint density at radius 3 is 2.25 bits per heavy atom. The summed E-state index contributed by atoms with van der Waals surface area (Å²) < 4.78 is 0. The third kappa shape index (κ3) is 3.35. The Morgan fingerprint density at radius 2 is 1.75 bits per heavy atom. The van der Waals surface area contributed by atoms with E-state index >= 15 is 0 Å². The Hall–Kier alpha value is -1.35. The first-order valence-electron chi connectivity index (χ1n) is 5.55. The van der Waals surface area contributed by atoms with Crippen LogP contribution in [0.15, 0.2) is 30.3 Å². The van der Waals surface area contributed by atoms with Gasteiger partial charge in [0.1, 0.15) is 6.10 Å². The van der Waals surface area contributed by atoms with Crippen molar-refractivity contribution in [3.05, 3.63) is 35.9 Å². The summed E-state index contributed by atoms with van der Waals surface area (Å²) in [6.45, 7) is 5.47. The summed E-state index contributed by atoms with van der Waals surface area (Å²) in [6.07, 6.45) is -0.953. The molecule has 1 aromatic rings. The molecule has 2 N–H and O–H groups in total. The second-order valence-electron chi connectivity index (χ2n) is 4.17. The maximum Gasteiger partial charge on any atom is 0.248 e. The zero-order valence-electron chi connectivity index (χ0n) is 9.97. The third-order valence-corrected chi connectivity index (χ3v) is 2.82. The van der Waals surface area contributed by atoms with E-state index in [1.54, 1.807) is 0 Å². The van der Waals surface area contributed by atoms with E-state index in [9.17, 15) is 4.79 Å². The maximum absolute atomic E-state index is 11.3. The van der Waals surface area contributed by atoms with Crippen molar-refractivity contribution in [1.82, 2.24) is 5.32 Å². The van der Waals surface area contributed by atoms with Crippen LogP contribution in [-0.4, -0.2) is 23.2 Å². The van der Waals surface area contributed by atoms with Crippen LogP contribution in [0.1, 0.15) is 32.3 Å². The van der Waals surface area contributed by atoms with E-state index in [0.717, 1.165) is 0 Å². The summed E-state index contributed by atoms with van der Waals surface area (Å²) in [6, 6.07) is 10.0. The summed E-state index contributed by atoms with van der Waals surface area (Å²) in [5.41, 5.74) is 1.18. The van der Waals surface area contributed by atoms with Crippen molar-refractivity contribution in [2.45, 2.75) is 38.8 Å². The van der Waals surface area contributed by atoms with Crippen LogP contribution < -0.4 is 5.32 Å². The highest BCUT2D eigenvalue weighted by molar-refractivity contribution is 5.80. The largest absolute Gasteiger partial charge is 0.384 e. The van der Waals surface area contributed by atoms with E-state index < -0.39 is 6.10 Å². The Labute approximate surface area is 96.5 Å². The first-order chi connectivity index (χ1) is 7.52. The van der Waals surface area contributed by atoms with Gasteiger partial charge in [-0.3, -0.25) is 4.79 Å². The summed E-state index contributed by atoms with van der Waals surface area (Å²) in [5.74, 6) is -0.0980. The van der Waals surface area contributed by atoms with Crippen molar-refractivity contribution < 1.29 is 9.90 Å². The highest BCUT2D eigenvalue weighted by atomic mass is 16.3. The molecular formula is C13H19NO2. The maximum atomic E-state index is 11.3. The highest BCUT2D eigenvalue weighted by Gasteiger charge is 2.18. The van der Waals surface area contributed by atoms with Crippen molar-refractivity contribution in [1.29, 1.82) is 0 Å². The zero-order valence-corrected chi connectivity index (χ0v) is 9.97. The summed E-state index contributed by atoms with van der Waals surface area (Å²) in [4.78, 5) is 11.3. The number of hydrogen-bond donors (Lipinski definition) is 2. The number of carbonyl (C=O) groups excluding carboxylic acids is 1. The molecule has 0 saturated carbocycles. The Morgan fingerprint density at radius 1 is 1.19 bits per heavy atom. The number of aliphatic hydroxyl groups excluding tert-OH is 1. The molecule has 0 aliphatic rings. The lowest BCUT2D eigenvalue weighted by Gasteiger charge is -2.22. The van der Waals surface area contributed by atoms with Gasteiger partial charge in [0.2, 0.25) is 5.91 Å². The van der Waals surface area contributed by atoms with Gasteiger partial charge in [0, 0.05) is 12.0 Å². The molecule has 3 heteroatoms. The van der Waals surface area contributed by atoms with Crippen LogP contribution in [0.4, 0.5) is 0 Å². The normalized spacial score (nSPS) is 16.2. The van der Waals surface area contributed by atoms with Crippen molar-refractivity contribution in [2.24, 2.45) is 0 Å². The van der Waals surface area contributed by atoms with Crippen molar-refractivity contribution in [3.63, 3.8) is 0 Å². The quantitative estimate of drug-likeness (QED) is 0.812. The molecule has 1 amide bonds. The lowest BCUT2D eigenvalue weighted by molar-refractivity contribution is -0.129.